The Morgan fingerprint density at radius 2 is 2.40 bits per heavy atom. The lowest BCUT2D eigenvalue weighted by Gasteiger charge is -2.28. The maximum atomic E-state index is 11.3. The molecule has 4 heteroatoms. The molecule has 0 saturated carbocycles. The number of carbonyl (C=O) groups is 1. The Morgan fingerprint density at radius 3 is 2.87 bits per heavy atom. The second-order valence-corrected chi connectivity index (χ2v) is 3.91. The van der Waals surface area contributed by atoms with Crippen molar-refractivity contribution in [3.8, 4) is 6.07 Å². The van der Waals surface area contributed by atoms with Crippen molar-refractivity contribution in [2.75, 3.05) is 19.5 Å². The summed E-state index contributed by atoms with van der Waals surface area (Å²) >= 11 is 5.45. The number of amides is 1. The Labute approximate surface area is 94.6 Å². The summed E-state index contributed by atoms with van der Waals surface area (Å²) in [7, 11) is 1.66. The van der Waals surface area contributed by atoms with E-state index in [0.29, 0.717) is 13.0 Å². The van der Waals surface area contributed by atoms with Gasteiger partial charge in [-0.05, 0) is 6.42 Å². The van der Waals surface area contributed by atoms with E-state index in [2.05, 4.69) is 6.07 Å². The largest absolute Gasteiger partial charge is 0.343 e. The van der Waals surface area contributed by atoms with Crippen LogP contribution in [-0.2, 0) is 4.79 Å². The number of nitriles is 1. The van der Waals surface area contributed by atoms with Crippen LogP contribution in [0.5, 0.6) is 0 Å². The van der Waals surface area contributed by atoms with Gasteiger partial charge in [-0.25, -0.2) is 0 Å². The van der Waals surface area contributed by atoms with Crippen LogP contribution in [0.3, 0.4) is 0 Å². The Kier molecular flexibility index (Phi) is 3.93. The number of nitrogens with zero attached hydrogens (tertiary/aromatic N) is 2. The molecule has 0 saturated heterocycles. The average molecular weight is 225 g/mol. The lowest BCUT2D eigenvalue weighted by Crippen LogP contribution is -2.38. The number of allylic oxidation sites excluding steroid dienone is 3. The number of hydrogen-bond acceptors (Lipinski definition) is 2. The first kappa shape index (κ1) is 11.8. The molecule has 0 bridgehead atoms. The molecule has 0 spiro atoms. The standard InChI is InChI=1S/C11H13ClN2O/c1-14(10(15)7-12)9-11(8-13)5-3-2-4-6-11/h2-5H,6-7,9H2,1H3. The molecule has 0 aromatic carbocycles. The minimum absolute atomic E-state index is 0.0441. The van der Waals surface area contributed by atoms with Gasteiger partial charge in [0.15, 0.2) is 0 Å². The lowest BCUT2D eigenvalue weighted by molar-refractivity contribution is -0.127. The van der Waals surface area contributed by atoms with E-state index in [1.54, 1.807) is 7.05 Å². The summed E-state index contributed by atoms with van der Waals surface area (Å²) in [5, 5.41) is 9.14. The monoisotopic (exact) mass is 224 g/mol. The van der Waals surface area contributed by atoms with Gasteiger partial charge in [-0.2, -0.15) is 5.26 Å². The second-order valence-electron chi connectivity index (χ2n) is 3.64. The van der Waals surface area contributed by atoms with Crippen LogP contribution in [-0.4, -0.2) is 30.3 Å². The normalized spacial score (nSPS) is 23.5. The SMILES string of the molecule is CN(CC1(C#N)C=CC=CC1)C(=O)CCl. The lowest BCUT2D eigenvalue weighted by atomic mass is 9.82. The Hall–Kier alpha value is -1.27. The summed E-state index contributed by atoms with van der Waals surface area (Å²) in [6.45, 7) is 0.385. The number of carbonyl (C=O) groups excluding carboxylic acids is 1. The highest BCUT2D eigenvalue weighted by molar-refractivity contribution is 6.27. The zero-order chi connectivity index (χ0) is 11.3. The van der Waals surface area contributed by atoms with E-state index in [-0.39, 0.29) is 11.8 Å². The molecule has 0 radical (unpaired) electrons. The molecule has 0 aromatic rings. The van der Waals surface area contributed by atoms with Gasteiger partial charge in [-0.1, -0.05) is 24.3 Å². The summed E-state index contributed by atoms with van der Waals surface area (Å²) in [6, 6.07) is 2.25. The molecule has 1 aliphatic carbocycles. The highest BCUT2D eigenvalue weighted by Gasteiger charge is 2.29. The molecular formula is C11H13ClN2O. The van der Waals surface area contributed by atoms with E-state index in [0.717, 1.165) is 0 Å². The minimum atomic E-state index is -0.592. The van der Waals surface area contributed by atoms with Gasteiger partial charge in [-0.15, -0.1) is 11.6 Å². The molecule has 1 aliphatic rings. The fraction of sp³-hybridized carbons (Fsp3) is 0.455. The van der Waals surface area contributed by atoms with Crippen molar-refractivity contribution < 1.29 is 4.79 Å². The van der Waals surface area contributed by atoms with Crippen LogP contribution in [0.4, 0.5) is 0 Å². The molecule has 0 fully saturated rings. The van der Waals surface area contributed by atoms with Crippen LogP contribution in [0.2, 0.25) is 0 Å². The predicted octanol–water partition coefficient (Wildman–Crippen LogP) is 1.71. The number of rotatable bonds is 3. The van der Waals surface area contributed by atoms with Gasteiger partial charge in [0.25, 0.3) is 0 Å². The molecule has 0 N–H and O–H groups in total. The van der Waals surface area contributed by atoms with Gasteiger partial charge >= 0.3 is 0 Å². The summed E-state index contributed by atoms with van der Waals surface area (Å²) < 4.78 is 0. The zero-order valence-corrected chi connectivity index (χ0v) is 9.37. The van der Waals surface area contributed by atoms with E-state index in [1.807, 2.05) is 24.3 Å². The Morgan fingerprint density at radius 1 is 1.67 bits per heavy atom. The van der Waals surface area contributed by atoms with Crippen LogP contribution in [0.1, 0.15) is 6.42 Å². The Balaban J connectivity index is 2.70. The molecule has 0 aliphatic heterocycles. The van der Waals surface area contributed by atoms with Gasteiger partial charge in [-0.3, -0.25) is 4.79 Å². The zero-order valence-electron chi connectivity index (χ0n) is 8.61. The number of hydrogen-bond donors (Lipinski definition) is 0. The van der Waals surface area contributed by atoms with E-state index in [9.17, 15) is 4.79 Å². The molecule has 1 atom stereocenters. The molecule has 0 heterocycles. The van der Waals surface area contributed by atoms with E-state index >= 15 is 0 Å². The first-order valence-electron chi connectivity index (χ1n) is 4.69. The van der Waals surface area contributed by atoms with Crippen molar-refractivity contribution in [1.82, 2.24) is 4.90 Å². The molecule has 80 valence electrons. The summed E-state index contributed by atoms with van der Waals surface area (Å²) in [5.74, 6) is -0.202. The third-order valence-electron chi connectivity index (χ3n) is 2.43. The maximum Gasteiger partial charge on any atom is 0.237 e. The van der Waals surface area contributed by atoms with Gasteiger partial charge in [0.05, 0.1) is 11.5 Å². The van der Waals surface area contributed by atoms with Crippen LogP contribution in [0.15, 0.2) is 24.3 Å². The van der Waals surface area contributed by atoms with Crippen molar-refractivity contribution in [3.63, 3.8) is 0 Å². The second kappa shape index (κ2) is 4.99. The van der Waals surface area contributed by atoms with Gasteiger partial charge in [0.2, 0.25) is 5.91 Å². The summed E-state index contributed by atoms with van der Waals surface area (Å²) in [5.41, 5.74) is -0.592. The topological polar surface area (TPSA) is 44.1 Å². The number of halogens is 1. The quantitative estimate of drug-likeness (QED) is 0.685. The van der Waals surface area contributed by atoms with E-state index in [1.165, 1.54) is 4.90 Å². The van der Waals surface area contributed by atoms with Crippen molar-refractivity contribution in [2.24, 2.45) is 5.41 Å². The van der Waals surface area contributed by atoms with Crippen LogP contribution >= 0.6 is 11.6 Å². The number of alkyl halides is 1. The predicted molar refractivity (Wildman–Crippen MR) is 59.3 cm³/mol. The van der Waals surface area contributed by atoms with Crippen molar-refractivity contribution in [1.29, 1.82) is 5.26 Å². The fourth-order valence-corrected chi connectivity index (χ4v) is 1.72. The van der Waals surface area contributed by atoms with Crippen molar-refractivity contribution >= 4 is 17.5 Å². The summed E-state index contributed by atoms with van der Waals surface area (Å²) in [4.78, 5) is 12.8. The highest BCUT2D eigenvalue weighted by Crippen LogP contribution is 2.27. The maximum absolute atomic E-state index is 11.3. The highest BCUT2D eigenvalue weighted by atomic mass is 35.5. The molecule has 3 nitrogen and oxygen atoms in total. The van der Waals surface area contributed by atoms with E-state index in [4.69, 9.17) is 16.9 Å². The third kappa shape index (κ3) is 2.84. The minimum Gasteiger partial charge on any atom is -0.343 e. The smallest absolute Gasteiger partial charge is 0.237 e. The first-order valence-corrected chi connectivity index (χ1v) is 5.22. The third-order valence-corrected chi connectivity index (χ3v) is 2.66. The van der Waals surface area contributed by atoms with Crippen LogP contribution < -0.4 is 0 Å². The fourth-order valence-electron chi connectivity index (χ4n) is 1.51. The average Bonchev–Trinajstić information content (AvgIpc) is 2.29. The van der Waals surface area contributed by atoms with Crippen LogP contribution in [0, 0.1) is 16.7 Å². The molecule has 1 rings (SSSR count). The summed E-state index contributed by atoms with van der Waals surface area (Å²) in [6.07, 6.45) is 8.15. The molecular weight excluding hydrogens is 212 g/mol. The molecule has 0 aromatic heterocycles. The molecule has 1 amide bonds. The molecule has 1 unspecified atom stereocenters. The van der Waals surface area contributed by atoms with Crippen molar-refractivity contribution in [3.05, 3.63) is 24.3 Å². The van der Waals surface area contributed by atoms with Crippen molar-refractivity contribution in [2.45, 2.75) is 6.42 Å². The van der Waals surface area contributed by atoms with Gasteiger partial charge < -0.3 is 4.90 Å². The van der Waals surface area contributed by atoms with Gasteiger partial charge in [0, 0.05) is 13.6 Å². The first-order chi connectivity index (χ1) is 7.13. The Bertz CT molecular complexity index is 343. The van der Waals surface area contributed by atoms with E-state index < -0.39 is 5.41 Å². The molecule has 15 heavy (non-hydrogen) atoms. The van der Waals surface area contributed by atoms with Gasteiger partial charge in [0.1, 0.15) is 5.88 Å². The van der Waals surface area contributed by atoms with Crippen LogP contribution in [0.25, 0.3) is 0 Å².